The van der Waals surface area contributed by atoms with Gasteiger partial charge in [0.05, 0.1) is 0 Å². The first-order valence-corrected chi connectivity index (χ1v) is 8.58. The van der Waals surface area contributed by atoms with Crippen LogP contribution < -0.4 is 10.6 Å². The van der Waals surface area contributed by atoms with Crippen molar-refractivity contribution in [2.75, 3.05) is 19.6 Å². The van der Waals surface area contributed by atoms with Crippen molar-refractivity contribution in [3.8, 4) is 0 Å². The van der Waals surface area contributed by atoms with Gasteiger partial charge in [0.1, 0.15) is 5.54 Å². The molecule has 2 heterocycles. The molecule has 3 aliphatic rings. The van der Waals surface area contributed by atoms with Gasteiger partial charge in [-0.3, -0.25) is 10.1 Å². The van der Waals surface area contributed by atoms with Crippen LogP contribution in [-0.2, 0) is 11.2 Å². The van der Waals surface area contributed by atoms with E-state index in [4.69, 9.17) is 0 Å². The Bertz CT molecular complexity index is 602. The van der Waals surface area contributed by atoms with Crippen LogP contribution in [0.4, 0.5) is 4.79 Å². The number of carbonyl (C=O) groups excluding carboxylic acids is 2. The molecule has 5 heteroatoms. The van der Waals surface area contributed by atoms with Gasteiger partial charge in [-0.05, 0) is 24.8 Å². The number of carbonyl (C=O) groups is 2. The molecule has 1 saturated carbocycles. The van der Waals surface area contributed by atoms with Crippen LogP contribution in [-0.4, -0.2) is 42.0 Å². The largest absolute Gasteiger partial charge is 0.323 e. The number of piperidine rings is 1. The molecule has 23 heavy (non-hydrogen) atoms. The first kappa shape index (κ1) is 14.7. The lowest BCUT2D eigenvalue weighted by Crippen LogP contribution is -2.68. The number of hydrogen-bond acceptors (Lipinski definition) is 3. The van der Waals surface area contributed by atoms with Gasteiger partial charge < -0.3 is 10.2 Å². The standard InChI is InChI=1S/C18H23N3O2/c22-16-18(20-17(23)19-16)14-7-4-8-15(18)12-21(11-14)10-9-13-5-2-1-3-6-13/h1-3,5-6,14-15H,4,7-12H2,(H2,19,20,22,23)/t14-,15-/m1/s1. The van der Waals surface area contributed by atoms with Crippen LogP contribution in [0.2, 0.25) is 0 Å². The summed E-state index contributed by atoms with van der Waals surface area (Å²) < 4.78 is 0. The molecule has 2 atom stereocenters. The van der Waals surface area contributed by atoms with Crippen LogP contribution in [0.25, 0.3) is 0 Å². The predicted octanol–water partition coefficient (Wildman–Crippen LogP) is 1.54. The molecule has 1 aromatic carbocycles. The maximum absolute atomic E-state index is 12.4. The maximum Gasteiger partial charge on any atom is 0.322 e. The number of imide groups is 1. The van der Waals surface area contributed by atoms with Gasteiger partial charge in [-0.25, -0.2) is 4.79 Å². The van der Waals surface area contributed by atoms with Crippen molar-refractivity contribution < 1.29 is 9.59 Å². The van der Waals surface area contributed by atoms with Gasteiger partial charge in [-0.15, -0.1) is 0 Å². The van der Waals surface area contributed by atoms with Crippen LogP contribution in [0, 0.1) is 11.8 Å². The fraction of sp³-hybridized carbons (Fsp3) is 0.556. The second kappa shape index (κ2) is 5.64. The van der Waals surface area contributed by atoms with Gasteiger partial charge in [0.25, 0.3) is 5.91 Å². The summed E-state index contributed by atoms with van der Waals surface area (Å²) in [5, 5.41) is 5.46. The molecule has 122 valence electrons. The molecular weight excluding hydrogens is 290 g/mol. The van der Waals surface area contributed by atoms with Crippen LogP contribution in [0.15, 0.2) is 30.3 Å². The van der Waals surface area contributed by atoms with E-state index in [1.165, 1.54) is 5.56 Å². The summed E-state index contributed by atoms with van der Waals surface area (Å²) in [6.07, 6.45) is 4.23. The lowest BCUT2D eigenvalue weighted by Gasteiger charge is -2.52. The second-order valence-electron chi connectivity index (χ2n) is 7.10. The number of rotatable bonds is 3. The molecule has 0 aromatic heterocycles. The molecule has 3 amide bonds. The van der Waals surface area contributed by atoms with Crippen molar-refractivity contribution in [1.29, 1.82) is 0 Å². The molecule has 2 bridgehead atoms. The number of hydrogen-bond donors (Lipinski definition) is 2. The number of nitrogens with one attached hydrogen (secondary N) is 2. The zero-order chi connectivity index (χ0) is 15.9. The summed E-state index contributed by atoms with van der Waals surface area (Å²) in [5.74, 6) is 0.370. The van der Waals surface area contributed by atoms with Gasteiger partial charge in [-0.2, -0.15) is 0 Å². The topological polar surface area (TPSA) is 61.4 Å². The Morgan fingerprint density at radius 3 is 2.39 bits per heavy atom. The monoisotopic (exact) mass is 313 g/mol. The minimum atomic E-state index is -0.640. The zero-order valence-corrected chi connectivity index (χ0v) is 13.3. The average molecular weight is 313 g/mol. The fourth-order valence-electron chi connectivity index (χ4n) is 4.74. The molecule has 4 rings (SSSR count). The van der Waals surface area contributed by atoms with Crippen molar-refractivity contribution in [3.05, 3.63) is 35.9 Å². The van der Waals surface area contributed by atoms with E-state index in [-0.39, 0.29) is 23.8 Å². The number of nitrogens with zero attached hydrogens (tertiary/aromatic N) is 1. The molecule has 2 N–H and O–H groups in total. The highest BCUT2D eigenvalue weighted by Crippen LogP contribution is 2.44. The van der Waals surface area contributed by atoms with Crippen LogP contribution in [0.3, 0.4) is 0 Å². The van der Waals surface area contributed by atoms with E-state index in [0.29, 0.717) is 0 Å². The third-order valence-corrected chi connectivity index (χ3v) is 5.83. The third kappa shape index (κ3) is 2.43. The van der Waals surface area contributed by atoms with E-state index in [0.717, 1.165) is 45.3 Å². The van der Waals surface area contributed by atoms with E-state index >= 15 is 0 Å². The number of likely N-dealkylation sites (tertiary alicyclic amines) is 1. The molecule has 0 unspecified atom stereocenters. The van der Waals surface area contributed by atoms with E-state index in [2.05, 4.69) is 39.8 Å². The number of amides is 3. The Morgan fingerprint density at radius 2 is 1.78 bits per heavy atom. The smallest absolute Gasteiger partial charge is 0.322 e. The third-order valence-electron chi connectivity index (χ3n) is 5.83. The molecule has 3 fully saturated rings. The number of benzene rings is 1. The quantitative estimate of drug-likeness (QED) is 0.832. The zero-order valence-electron chi connectivity index (χ0n) is 13.3. The Morgan fingerprint density at radius 1 is 1.09 bits per heavy atom. The summed E-state index contributed by atoms with van der Waals surface area (Å²) in [4.78, 5) is 26.6. The summed E-state index contributed by atoms with van der Waals surface area (Å²) in [7, 11) is 0. The van der Waals surface area contributed by atoms with E-state index in [1.54, 1.807) is 0 Å². The number of urea groups is 1. The maximum atomic E-state index is 12.4. The van der Waals surface area contributed by atoms with Crippen LogP contribution in [0.5, 0.6) is 0 Å². The summed E-state index contributed by atoms with van der Waals surface area (Å²) in [6.45, 7) is 2.82. The lowest BCUT2D eigenvalue weighted by atomic mass is 9.63. The van der Waals surface area contributed by atoms with Gasteiger partial charge in [0.2, 0.25) is 0 Å². The highest BCUT2D eigenvalue weighted by Gasteiger charge is 2.60. The van der Waals surface area contributed by atoms with Crippen molar-refractivity contribution in [2.24, 2.45) is 11.8 Å². The van der Waals surface area contributed by atoms with Crippen LogP contribution in [0.1, 0.15) is 24.8 Å². The van der Waals surface area contributed by atoms with Gasteiger partial charge in [0.15, 0.2) is 0 Å². The summed E-state index contributed by atoms with van der Waals surface area (Å²) >= 11 is 0. The van der Waals surface area contributed by atoms with Crippen LogP contribution >= 0.6 is 0 Å². The summed E-state index contributed by atoms with van der Waals surface area (Å²) in [6, 6.07) is 10.2. The van der Waals surface area contributed by atoms with Gasteiger partial charge in [0, 0.05) is 31.5 Å². The highest BCUT2D eigenvalue weighted by molar-refractivity contribution is 6.07. The Balaban J connectivity index is 1.47. The molecule has 2 aliphatic heterocycles. The average Bonchev–Trinajstić information content (AvgIpc) is 2.81. The van der Waals surface area contributed by atoms with Crippen molar-refractivity contribution in [3.63, 3.8) is 0 Å². The normalized spacial score (nSPS) is 33.6. The minimum Gasteiger partial charge on any atom is -0.323 e. The molecule has 5 nitrogen and oxygen atoms in total. The molecule has 0 radical (unpaired) electrons. The van der Waals surface area contributed by atoms with E-state index in [9.17, 15) is 9.59 Å². The molecule has 1 spiro atoms. The molecule has 2 saturated heterocycles. The lowest BCUT2D eigenvalue weighted by molar-refractivity contribution is -0.134. The molecule has 1 aromatic rings. The second-order valence-corrected chi connectivity index (χ2v) is 7.10. The molecule has 1 aliphatic carbocycles. The van der Waals surface area contributed by atoms with Gasteiger partial charge >= 0.3 is 6.03 Å². The molecular formula is C18H23N3O2. The Labute approximate surface area is 136 Å². The summed E-state index contributed by atoms with van der Waals surface area (Å²) in [5.41, 5.74) is 0.711. The predicted molar refractivity (Wildman–Crippen MR) is 86.8 cm³/mol. The highest BCUT2D eigenvalue weighted by atomic mass is 16.2. The Kier molecular flexibility index (Phi) is 3.60. The fourth-order valence-corrected chi connectivity index (χ4v) is 4.74. The minimum absolute atomic E-state index is 0.0973. The van der Waals surface area contributed by atoms with Gasteiger partial charge in [-0.1, -0.05) is 36.8 Å². The first-order valence-electron chi connectivity index (χ1n) is 8.58. The van der Waals surface area contributed by atoms with E-state index < -0.39 is 5.54 Å². The van der Waals surface area contributed by atoms with Crippen molar-refractivity contribution in [2.45, 2.75) is 31.2 Å². The SMILES string of the molecule is O=C1NC(=O)C2(N1)[C@@H]1CCC[C@@H]2CN(CCc2ccccc2)C1. The van der Waals surface area contributed by atoms with Crippen molar-refractivity contribution >= 4 is 11.9 Å². The first-order chi connectivity index (χ1) is 11.2. The Hall–Kier alpha value is -1.88. The van der Waals surface area contributed by atoms with Crippen molar-refractivity contribution in [1.82, 2.24) is 15.5 Å². The van der Waals surface area contributed by atoms with E-state index in [1.807, 2.05) is 6.07 Å².